The number of carbonyl (C=O) groups is 2. The number of aliphatic hydroxyl groups excluding tert-OH is 1. The third-order valence-corrected chi connectivity index (χ3v) is 1.29. The van der Waals surface area contributed by atoms with Crippen molar-refractivity contribution in [2.75, 3.05) is 33.0 Å². The molecule has 0 aliphatic rings. The lowest BCUT2D eigenvalue weighted by atomic mass is 10.4. The lowest BCUT2D eigenvalue weighted by Gasteiger charge is -2.04. The Bertz CT molecular complexity index is 204. The van der Waals surface area contributed by atoms with Gasteiger partial charge in [0.05, 0.1) is 26.4 Å². The number of hydrogen-bond acceptors (Lipinski definition) is 7. The van der Waals surface area contributed by atoms with E-state index < -0.39 is 18.4 Å². The second-order valence-corrected chi connectivity index (χ2v) is 2.60. The first-order valence-electron chi connectivity index (χ1n) is 4.87. The van der Waals surface area contributed by atoms with Crippen LogP contribution in [-0.4, -0.2) is 50.1 Å². The first-order chi connectivity index (χ1) is 7.70. The third-order valence-electron chi connectivity index (χ3n) is 1.29. The molecular formula is C9H16O7. The molecule has 16 heavy (non-hydrogen) atoms. The molecule has 0 saturated heterocycles. The number of ether oxygens (including phenoxy) is 2. The minimum atomic E-state index is -0.819. The van der Waals surface area contributed by atoms with Gasteiger partial charge in [-0.3, -0.25) is 9.68 Å². The first kappa shape index (κ1) is 14.8. The minimum absolute atomic E-state index is 0.0363. The summed E-state index contributed by atoms with van der Waals surface area (Å²) in [5.74, 6) is -1.48. The van der Waals surface area contributed by atoms with E-state index in [-0.39, 0.29) is 33.0 Å². The maximum atomic E-state index is 10.9. The molecule has 0 fully saturated rings. The van der Waals surface area contributed by atoms with Crippen LogP contribution >= 0.6 is 0 Å². The Balaban J connectivity index is 3.33. The van der Waals surface area contributed by atoms with Gasteiger partial charge in [0.2, 0.25) is 0 Å². The molecule has 0 amide bonds. The average Bonchev–Trinajstić information content (AvgIpc) is 2.23. The maximum absolute atomic E-state index is 10.9. The molecule has 0 bridgehead atoms. The van der Waals surface area contributed by atoms with E-state index in [0.29, 0.717) is 0 Å². The van der Waals surface area contributed by atoms with Crippen molar-refractivity contribution in [3.05, 3.63) is 0 Å². The highest BCUT2D eigenvalue weighted by Crippen LogP contribution is 1.91. The SMILES string of the molecule is CCOC(=O)CC(=O)OOCCOCCO. The summed E-state index contributed by atoms with van der Waals surface area (Å²) in [4.78, 5) is 30.4. The number of rotatable bonds is 9. The second kappa shape index (κ2) is 10.3. The highest BCUT2D eigenvalue weighted by atomic mass is 17.2. The zero-order chi connectivity index (χ0) is 12.2. The van der Waals surface area contributed by atoms with Gasteiger partial charge in [-0.25, -0.2) is 4.79 Å². The molecule has 1 N–H and O–H groups in total. The third kappa shape index (κ3) is 9.38. The molecule has 0 saturated carbocycles. The van der Waals surface area contributed by atoms with E-state index in [0.717, 1.165) is 0 Å². The molecule has 0 radical (unpaired) electrons. The van der Waals surface area contributed by atoms with Gasteiger partial charge in [-0.1, -0.05) is 0 Å². The van der Waals surface area contributed by atoms with Gasteiger partial charge in [0.15, 0.2) is 0 Å². The summed E-state index contributed by atoms with van der Waals surface area (Å²) >= 11 is 0. The van der Waals surface area contributed by atoms with E-state index >= 15 is 0 Å². The van der Waals surface area contributed by atoms with Gasteiger partial charge >= 0.3 is 11.9 Å². The lowest BCUT2D eigenvalue weighted by molar-refractivity contribution is -0.276. The van der Waals surface area contributed by atoms with Crippen LogP contribution in [-0.2, 0) is 28.8 Å². The molecule has 7 heteroatoms. The molecule has 0 unspecified atom stereocenters. The smallest absolute Gasteiger partial charge is 0.353 e. The van der Waals surface area contributed by atoms with Gasteiger partial charge in [0.1, 0.15) is 13.0 Å². The van der Waals surface area contributed by atoms with Gasteiger partial charge in [-0.05, 0) is 6.92 Å². The largest absolute Gasteiger partial charge is 0.466 e. The van der Waals surface area contributed by atoms with E-state index in [4.69, 9.17) is 9.84 Å². The van der Waals surface area contributed by atoms with Gasteiger partial charge in [0.25, 0.3) is 0 Å². The van der Waals surface area contributed by atoms with E-state index in [2.05, 4.69) is 14.5 Å². The van der Waals surface area contributed by atoms with Crippen molar-refractivity contribution in [1.82, 2.24) is 0 Å². The highest BCUT2D eigenvalue weighted by molar-refractivity contribution is 5.90. The van der Waals surface area contributed by atoms with E-state index in [1.54, 1.807) is 6.92 Å². The molecule has 0 heterocycles. The fourth-order valence-corrected chi connectivity index (χ4v) is 0.726. The Morgan fingerprint density at radius 2 is 1.88 bits per heavy atom. The van der Waals surface area contributed by atoms with Crippen LogP contribution in [0, 0.1) is 0 Å². The molecule has 7 nitrogen and oxygen atoms in total. The number of aliphatic hydroxyl groups is 1. The Morgan fingerprint density at radius 1 is 1.12 bits per heavy atom. The second-order valence-electron chi connectivity index (χ2n) is 2.60. The summed E-state index contributed by atoms with van der Waals surface area (Å²) in [6.07, 6.45) is -0.481. The van der Waals surface area contributed by atoms with Crippen LogP contribution in [0.5, 0.6) is 0 Å². The molecule has 0 atom stereocenters. The van der Waals surface area contributed by atoms with E-state index in [9.17, 15) is 9.59 Å². The molecule has 94 valence electrons. The van der Waals surface area contributed by atoms with Crippen molar-refractivity contribution >= 4 is 11.9 Å². The summed E-state index contributed by atoms with van der Waals surface area (Å²) in [6, 6.07) is 0. The monoisotopic (exact) mass is 236 g/mol. The summed E-state index contributed by atoms with van der Waals surface area (Å²) < 4.78 is 9.35. The molecule has 0 aromatic carbocycles. The van der Waals surface area contributed by atoms with Gasteiger partial charge in [-0.2, -0.15) is 4.89 Å². The van der Waals surface area contributed by atoms with Crippen molar-refractivity contribution in [3.8, 4) is 0 Å². The molecular weight excluding hydrogens is 220 g/mol. The van der Waals surface area contributed by atoms with Crippen molar-refractivity contribution in [3.63, 3.8) is 0 Å². The first-order valence-corrected chi connectivity index (χ1v) is 4.87. The van der Waals surface area contributed by atoms with Crippen LogP contribution in [0.1, 0.15) is 13.3 Å². The molecule has 0 spiro atoms. The average molecular weight is 236 g/mol. The summed E-state index contributed by atoms with van der Waals surface area (Å²) in [6.45, 7) is 2.19. The molecule has 0 aromatic rings. The van der Waals surface area contributed by atoms with Crippen molar-refractivity contribution in [2.24, 2.45) is 0 Å². The zero-order valence-corrected chi connectivity index (χ0v) is 9.14. The van der Waals surface area contributed by atoms with Crippen LogP contribution < -0.4 is 0 Å². The van der Waals surface area contributed by atoms with Crippen molar-refractivity contribution in [1.29, 1.82) is 0 Å². The van der Waals surface area contributed by atoms with Crippen molar-refractivity contribution in [2.45, 2.75) is 13.3 Å². The maximum Gasteiger partial charge on any atom is 0.353 e. The Hall–Kier alpha value is -1.18. The Labute approximate surface area is 93.2 Å². The summed E-state index contributed by atoms with van der Waals surface area (Å²) in [5.41, 5.74) is 0. The van der Waals surface area contributed by atoms with Crippen LogP contribution in [0.15, 0.2) is 0 Å². The number of hydrogen-bond donors (Lipinski definition) is 1. The minimum Gasteiger partial charge on any atom is -0.466 e. The fraction of sp³-hybridized carbons (Fsp3) is 0.778. The van der Waals surface area contributed by atoms with Gasteiger partial charge in [-0.15, -0.1) is 0 Å². The van der Waals surface area contributed by atoms with E-state index in [1.165, 1.54) is 0 Å². The van der Waals surface area contributed by atoms with Gasteiger partial charge < -0.3 is 14.6 Å². The zero-order valence-electron chi connectivity index (χ0n) is 9.14. The molecule has 0 aliphatic carbocycles. The lowest BCUT2D eigenvalue weighted by Crippen LogP contribution is -2.15. The quantitative estimate of drug-likeness (QED) is 0.188. The summed E-state index contributed by atoms with van der Waals surface area (Å²) in [5, 5.41) is 8.36. The van der Waals surface area contributed by atoms with E-state index in [1.807, 2.05) is 0 Å². The van der Waals surface area contributed by atoms with Crippen LogP contribution in [0.25, 0.3) is 0 Å². The number of esters is 1. The van der Waals surface area contributed by atoms with Crippen LogP contribution in [0.4, 0.5) is 0 Å². The normalized spacial score (nSPS) is 9.88. The van der Waals surface area contributed by atoms with Crippen LogP contribution in [0.2, 0.25) is 0 Å². The highest BCUT2D eigenvalue weighted by Gasteiger charge is 2.12. The van der Waals surface area contributed by atoms with Crippen molar-refractivity contribution < 1.29 is 33.9 Å². The fourth-order valence-electron chi connectivity index (χ4n) is 0.726. The standard InChI is InChI=1S/C9H16O7/c1-2-14-8(11)7-9(12)16-15-6-5-13-4-3-10/h10H,2-7H2,1H3. The topological polar surface area (TPSA) is 91.3 Å². The molecule has 0 aliphatic heterocycles. The predicted octanol–water partition coefficient (Wildman–Crippen LogP) is -0.577. The Kier molecular flexibility index (Phi) is 9.58. The Morgan fingerprint density at radius 3 is 2.50 bits per heavy atom. The molecule has 0 rings (SSSR count). The predicted molar refractivity (Wildman–Crippen MR) is 51.2 cm³/mol. The molecule has 0 aromatic heterocycles. The van der Waals surface area contributed by atoms with Gasteiger partial charge in [0, 0.05) is 0 Å². The number of carbonyl (C=O) groups excluding carboxylic acids is 2. The van der Waals surface area contributed by atoms with Crippen LogP contribution in [0.3, 0.4) is 0 Å². The summed E-state index contributed by atoms with van der Waals surface area (Å²) in [7, 11) is 0.